The Morgan fingerprint density at radius 3 is 2.50 bits per heavy atom. The molecule has 0 radical (unpaired) electrons. The van der Waals surface area contributed by atoms with Gasteiger partial charge in [-0.05, 0) is 49.2 Å². The fourth-order valence-electron chi connectivity index (χ4n) is 2.93. The Kier molecular flexibility index (Phi) is 6.33. The van der Waals surface area contributed by atoms with Crippen molar-refractivity contribution in [3.05, 3.63) is 46.6 Å². The predicted molar refractivity (Wildman–Crippen MR) is 110 cm³/mol. The van der Waals surface area contributed by atoms with E-state index in [1.165, 1.54) is 12.1 Å². The summed E-state index contributed by atoms with van der Waals surface area (Å²) in [6.07, 6.45) is 2.11. The first-order valence-corrected chi connectivity index (χ1v) is 10.9. The van der Waals surface area contributed by atoms with E-state index in [-0.39, 0.29) is 29.1 Å². The minimum Gasteiger partial charge on any atom is -0.396 e. The third-order valence-corrected chi connectivity index (χ3v) is 6.29. The van der Waals surface area contributed by atoms with Crippen LogP contribution in [0.5, 0.6) is 0 Å². The van der Waals surface area contributed by atoms with Crippen molar-refractivity contribution in [1.29, 1.82) is 0 Å². The van der Waals surface area contributed by atoms with Crippen molar-refractivity contribution < 1.29 is 18.4 Å². The molecule has 0 amide bonds. The van der Waals surface area contributed by atoms with Gasteiger partial charge in [0.1, 0.15) is 0 Å². The lowest BCUT2D eigenvalue weighted by atomic mass is 10.1. The number of pyridine rings is 1. The summed E-state index contributed by atoms with van der Waals surface area (Å²) in [5, 5.41) is 9.65. The van der Waals surface area contributed by atoms with Gasteiger partial charge in [0.2, 0.25) is 0 Å². The molecule has 3 N–H and O–H groups in total. The number of anilines is 1. The Labute approximate surface area is 163 Å². The molecule has 3 aromatic rings. The number of aromatic nitrogens is 1. The molecule has 1 heterocycles. The standard InChI is InChI=1S/C20H24N2O5S/c1-2-3-10-27-22-14-5-7-18-16(12-14)20(24)17-13-15(6-8-19(17)21-18)28(25,26)11-4-9-23/h5-8,12-13,22-23H,2-4,9-11H2,1H3,(H,21,24). The molecular weight excluding hydrogens is 380 g/mol. The summed E-state index contributed by atoms with van der Waals surface area (Å²) in [4.78, 5) is 21.6. The molecule has 7 nitrogen and oxygen atoms in total. The number of rotatable bonds is 9. The quantitative estimate of drug-likeness (QED) is 0.287. The van der Waals surface area contributed by atoms with Crippen LogP contribution in [0, 0.1) is 0 Å². The maximum Gasteiger partial charge on any atom is 0.197 e. The monoisotopic (exact) mass is 404 g/mol. The van der Waals surface area contributed by atoms with Crippen molar-refractivity contribution >= 4 is 37.3 Å². The molecule has 0 saturated heterocycles. The van der Waals surface area contributed by atoms with Gasteiger partial charge < -0.3 is 10.1 Å². The normalized spacial score (nSPS) is 11.9. The van der Waals surface area contributed by atoms with Crippen LogP contribution in [-0.4, -0.2) is 37.5 Å². The molecule has 28 heavy (non-hydrogen) atoms. The van der Waals surface area contributed by atoms with E-state index in [9.17, 15) is 13.2 Å². The second-order valence-electron chi connectivity index (χ2n) is 6.62. The Bertz CT molecular complexity index is 1140. The lowest BCUT2D eigenvalue weighted by molar-refractivity contribution is 0.189. The number of aromatic amines is 1. The molecule has 0 aliphatic rings. The van der Waals surface area contributed by atoms with Crippen LogP contribution in [0.15, 0.2) is 46.1 Å². The Hall–Kier alpha value is -2.42. The van der Waals surface area contributed by atoms with Gasteiger partial charge in [-0.15, -0.1) is 0 Å². The summed E-state index contributed by atoms with van der Waals surface area (Å²) in [6.45, 7) is 2.44. The van der Waals surface area contributed by atoms with Crippen LogP contribution in [0.1, 0.15) is 26.2 Å². The van der Waals surface area contributed by atoms with Crippen LogP contribution < -0.4 is 10.9 Å². The first kappa shape index (κ1) is 20.3. The van der Waals surface area contributed by atoms with Crippen molar-refractivity contribution in [3.63, 3.8) is 0 Å². The van der Waals surface area contributed by atoms with Crippen molar-refractivity contribution in [2.24, 2.45) is 0 Å². The first-order chi connectivity index (χ1) is 13.5. The van der Waals surface area contributed by atoms with Gasteiger partial charge in [0.05, 0.1) is 22.9 Å². The number of benzene rings is 2. The second kappa shape index (κ2) is 8.72. The summed E-state index contributed by atoms with van der Waals surface area (Å²) in [7, 11) is -3.55. The molecule has 0 unspecified atom stereocenters. The molecule has 8 heteroatoms. The summed E-state index contributed by atoms with van der Waals surface area (Å²) in [5.41, 5.74) is 4.46. The zero-order chi connectivity index (χ0) is 20.1. The summed E-state index contributed by atoms with van der Waals surface area (Å²) < 4.78 is 24.8. The number of unbranched alkanes of at least 4 members (excludes halogenated alkanes) is 1. The summed E-state index contributed by atoms with van der Waals surface area (Å²) in [6, 6.07) is 9.76. The molecule has 1 aromatic heterocycles. The summed E-state index contributed by atoms with van der Waals surface area (Å²) >= 11 is 0. The number of hydrogen-bond acceptors (Lipinski definition) is 6. The topological polar surface area (TPSA) is 108 Å². The Balaban J connectivity index is 2.01. The highest BCUT2D eigenvalue weighted by Crippen LogP contribution is 2.22. The van der Waals surface area contributed by atoms with Crippen molar-refractivity contribution in [1.82, 2.24) is 4.98 Å². The van der Waals surface area contributed by atoms with Crippen LogP contribution in [-0.2, 0) is 14.7 Å². The maximum absolute atomic E-state index is 13.0. The Morgan fingerprint density at radius 1 is 1.07 bits per heavy atom. The molecule has 0 spiro atoms. The van der Waals surface area contributed by atoms with Gasteiger partial charge >= 0.3 is 0 Å². The van der Waals surface area contributed by atoms with Gasteiger partial charge in [0.25, 0.3) is 0 Å². The van der Waals surface area contributed by atoms with Crippen LogP contribution in [0.25, 0.3) is 21.8 Å². The fourth-order valence-corrected chi connectivity index (χ4v) is 4.25. The zero-order valence-electron chi connectivity index (χ0n) is 15.7. The average Bonchev–Trinajstić information content (AvgIpc) is 2.70. The van der Waals surface area contributed by atoms with E-state index in [4.69, 9.17) is 9.94 Å². The fraction of sp³-hybridized carbons (Fsp3) is 0.350. The van der Waals surface area contributed by atoms with Crippen LogP contribution in [0.2, 0.25) is 0 Å². The van der Waals surface area contributed by atoms with Gasteiger partial charge in [-0.3, -0.25) is 15.1 Å². The number of aliphatic hydroxyl groups is 1. The number of hydrogen-bond donors (Lipinski definition) is 3. The largest absolute Gasteiger partial charge is 0.396 e. The van der Waals surface area contributed by atoms with Crippen LogP contribution in [0.3, 0.4) is 0 Å². The Morgan fingerprint density at radius 2 is 1.79 bits per heavy atom. The van der Waals surface area contributed by atoms with Crippen molar-refractivity contribution in [3.8, 4) is 0 Å². The predicted octanol–water partition coefficient (Wildman–Crippen LogP) is 2.98. The van der Waals surface area contributed by atoms with Gasteiger partial charge in [0, 0.05) is 28.4 Å². The lowest BCUT2D eigenvalue weighted by Gasteiger charge is -2.09. The number of nitrogens with one attached hydrogen (secondary N) is 2. The number of fused-ring (bicyclic) bond motifs is 2. The molecule has 0 aliphatic carbocycles. The number of H-pyrrole nitrogens is 1. The van der Waals surface area contributed by atoms with E-state index in [1.807, 2.05) is 6.07 Å². The van der Waals surface area contributed by atoms with Gasteiger partial charge in [-0.25, -0.2) is 8.42 Å². The third-order valence-electron chi connectivity index (χ3n) is 4.49. The second-order valence-corrected chi connectivity index (χ2v) is 8.73. The van der Waals surface area contributed by atoms with Gasteiger partial charge in [0.15, 0.2) is 15.3 Å². The highest BCUT2D eigenvalue weighted by atomic mass is 32.2. The van der Waals surface area contributed by atoms with E-state index in [0.29, 0.717) is 34.1 Å². The van der Waals surface area contributed by atoms with Crippen molar-refractivity contribution in [2.45, 2.75) is 31.1 Å². The molecule has 2 aromatic carbocycles. The number of aliphatic hydroxyl groups excluding tert-OH is 1. The molecule has 0 aliphatic heterocycles. The minimum atomic E-state index is -3.55. The SMILES string of the molecule is CCCCONc1ccc2[nH]c3ccc(S(=O)(=O)CCCO)cc3c(=O)c2c1. The van der Waals surface area contributed by atoms with Crippen LogP contribution >= 0.6 is 0 Å². The van der Waals surface area contributed by atoms with E-state index in [2.05, 4.69) is 17.4 Å². The van der Waals surface area contributed by atoms with E-state index in [0.717, 1.165) is 12.8 Å². The molecule has 3 rings (SSSR count). The molecule has 0 saturated carbocycles. The summed E-state index contributed by atoms with van der Waals surface area (Å²) in [5.74, 6) is -0.163. The van der Waals surface area contributed by atoms with E-state index >= 15 is 0 Å². The van der Waals surface area contributed by atoms with E-state index < -0.39 is 9.84 Å². The molecule has 0 fully saturated rings. The van der Waals surface area contributed by atoms with Gasteiger partial charge in [-0.1, -0.05) is 13.3 Å². The first-order valence-electron chi connectivity index (χ1n) is 9.27. The van der Waals surface area contributed by atoms with Crippen LogP contribution in [0.4, 0.5) is 5.69 Å². The molecule has 150 valence electrons. The van der Waals surface area contributed by atoms with Crippen molar-refractivity contribution in [2.75, 3.05) is 24.4 Å². The highest BCUT2D eigenvalue weighted by Gasteiger charge is 2.16. The zero-order valence-corrected chi connectivity index (χ0v) is 16.5. The molecular formula is C20H24N2O5S. The van der Waals surface area contributed by atoms with Gasteiger partial charge in [-0.2, -0.15) is 0 Å². The lowest BCUT2D eigenvalue weighted by Crippen LogP contribution is -2.10. The minimum absolute atomic E-state index is 0.0791. The highest BCUT2D eigenvalue weighted by molar-refractivity contribution is 7.91. The molecule has 0 bridgehead atoms. The third kappa shape index (κ3) is 4.35. The van der Waals surface area contributed by atoms with E-state index in [1.54, 1.807) is 18.2 Å². The number of sulfone groups is 1. The smallest absolute Gasteiger partial charge is 0.197 e. The average molecular weight is 404 g/mol. The molecule has 0 atom stereocenters. The maximum atomic E-state index is 13.0.